The average Bonchev–Trinajstić information content (AvgIpc) is 2.73. The van der Waals surface area contributed by atoms with Crippen molar-refractivity contribution in [2.24, 2.45) is 11.8 Å². The predicted octanol–water partition coefficient (Wildman–Crippen LogP) is 1.75. The van der Waals surface area contributed by atoms with Crippen LogP contribution in [0.1, 0.15) is 38.7 Å². The van der Waals surface area contributed by atoms with Gasteiger partial charge in [-0.3, -0.25) is 14.4 Å². The van der Waals surface area contributed by atoms with Gasteiger partial charge in [0.2, 0.25) is 11.8 Å². The molecule has 1 aromatic rings. The molecule has 0 saturated heterocycles. The highest BCUT2D eigenvalue weighted by atomic mass is 16.5. The van der Waals surface area contributed by atoms with Crippen LogP contribution in [-0.4, -0.2) is 48.2 Å². The van der Waals surface area contributed by atoms with Crippen LogP contribution >= 0.6 is 0 Å². The summed E-state index contributed by atoms with van der Waals surface area (Å²) in [4.78, 5) is 37.3. The lowest BCUT2D eigenvalue weighted by Crippen LogP contribution is -2.41. The summed E-state index contributed by atoms with van der Waals surface area (Å²) in [6, 6.07) is 9.43. The Morgan fingerprint density at radius 3 is 2.53 bits per heavy atom. The molecule has 1 aromatic carbocycles. The van der Waals surface area contributed by atoms with Gasteiger partial charge in [0.15, 0.2) is 0 Å². The smallest absolute Gasteiger partial charge is 0.309 e. The molecule has 0 aromatic heterocycles. The third kappa shape index (κ3) is 7.99. The summed E-state index contributed by atoms with van der Waals surface area (Å²) in [6.07, 6.45) is 4.78. The minimum Gasteiger partial charge on any atom is -0.461 e. The van der Waals surface area contributed by atoms with E-state index in [2.05, 4.69) is 10.6 Å². The number of allylic oxidation sites excluding steroid dienone is 2. The summed E-state index contributed by atoms with van der Waals surface area (Å²) in [5.41, 5.74) is 1.06. The lowest BCUT2D eigenvalue weighted by Gasteiger charge is -2.22. The van der Waals surface area contributed by atoms with Gasteiger partial charge in [-0.15, -0.1) is 0 Å². The van der Waals surface area contributed by atoms with E-state index in [9.17, 15) is 14.4 Å². The second-order valence-corrected chi connectivity index (χ2v) is 7.87. The van der Waals surface area contributed by atoms with E-state index in [0.29, 0.717) is 19.3 Å². The zero-order valence-corrected chi connectivity index (χ0v) is 17.7. The van der Waals surface area contributed by atoms with E-state index in [1.807, 2.05) is 42.5 Å². The minimum atomic E-state index is -0.526. The fourth-order valence-electron chi connectivity index (χ4n) is 3.29. The molecule has 0 fully saturated rings. The molecular formula is C23H32N2O5. The summed E-state index contributed by atoms with van der Waals surface area (Å²) >= 11 is 0. The van der Waals surface area contributed by atoms with Crippen LogP contribution in [0.3, 0.4) is 0 Å². The number of esters is 1. The molecule has 0 unspecified atom stereocenters. The van der Waals surface area contributed by atoms with Crippen LogP contribution in [0.2, 0.25) is 0 Å². The average molecular weight is 417 g/mol. The molecule has 1 heterocycles. The van der Waals surface area contributed by atoms with Crippen molar-refractivity contribution >= 4 is 17.8 Å². The molecule has 4 atom stereocenters. The zero-order valence-electron chi connectivity index (χ0n) is 17.7. The normalized spacial score (nSPS) is 24.0. The molecule has 2 rings (SSSR count). The molecule has 0 radical (unpaired) electrons. The number of aliphatic hydroxyl groups is 1. The Bertz CT molecular complexity index is 734. The van der Waals surface area contributed by atoms with Gasteiger partial charge in [0.25, 0.3) is 0 Å². The molecule has 2 amide bonds. The highest BCUT2D eigenvalue weighted by Gasteiger charge is 2.25. The van der Waals surface area contributed by atoms with Crippen LogP contribution in [0.15, 0.2) is 42.5 Å². The molecule has 0 bridgehead atoms. The van der Waals surface area contributed by atoms with E-state index >= 15 is 0 Å². The highest BCUT2D eigenvalue weighted by molar-refractivity contribution is 5.86. The maximum Gasteiger partial charge on any atom is 0.309 e. The lowest BCUT2D eigenvalue weighted by molar-refractivity contribution is -0.153. The van der Waals surface area contributed by atoms with Crippen molar-refractivity contribution in [1.29, 1.82) is 0 Å². The number of hydrogen-bond donors (Lipinski definition) is 3. The van der Waals surface area contributed by atoms with Gasteiger partial charge in [-0.1, -0.05) is 42.5 Å². The van der Waals surface area contributed by atoms with Gasteiger partial charge in [-0.05, 0) is 38.7 Å². The first-order chi connectivity index (χ1) is 14.4. The summed E-state index contributed by atoms with van der Waals surface area (Å²) in [5.74, 6) is -1.65. The maximum absolute atomic E-state index is 12.6. The molecule has 1 aliphatic rings. The number of carbonyl (C=O) groups is 3. The molecule has 7 heteroatoms. The molecule has 30 heavy (non-hydrogen) atoms. The quantitative estimate of drug-likeness (QED) is 0.484. The summed E-state index contributed by atoms with van der Waals surface area (Å²) in [7, 11) is 0. The standard InChI is InChI=1S/C23H32N2O5/c1-16(15-26)25-21(27)13-19-10-6-7-11-20(12-18-8-4-3-5-9-18)23(29)30-17(2)14-24-22(19)28/h3-9,16-17,19-20,26H,10-15H2,1-2H3,(H,24,28)(H,25,27)/t16-,17-,19+,20+/m0/s1. The monoisotopic (exact) mass is 416 g/mol. The SMILES string of the molecule is C[C@@H](CO)NC(=O)C[C@H]1CC=CC[C@H](Cc2ccccc2)C(=O)O[C@@H](C)CNC1=O. The van der Waals surface area contributed by atoms with Crippen LogP contribution < -0.4 is 10.6 Å². The number of hydrogen-bond acceptors (Lipinski definition) is 5. The van der Waals surface area contributed by atoms with E-state index < -0.39 is 12.0 Å². The third-order valence-corrected chi connectivity index (χ3v) is 5.03. The van der Waals surface area contributed by atoms with Gasteiger partial charge < -0.3 is 20.5 Å². The van der Waals surface area contributed by atoms with E-state index in [-0.39, 0.29) is 49.3 Å². The molecule has 164 valence electrons. The second kappa shape index (κ2) is 12.1. The number of rotatable bonds is 6. The van der Waals surface area contributed by atoms with Gasteiger partial charge in [-0.2, -0.15) is 0 Å². The fourth-order valence-corrected chi connectivity index (χ4v) is 3.29. The van der Waals surface area contributed by atoms with Gasteiger partial charge in [0.05, 0.1) is 25.0 Å². The summed E-state index contributed by atoms with van der Waals surface area (Å²) in [5, 5.41) is 14.5. The highest BCUT2D eigenvalue weighted by Crippen LogP contribution is 2.18. The molecule has 1 aliphatic heterocycles. The van der Waals surface area contributed by atoms with Crippen LogP contribution in [0.5, 0.6) is 0 Å². The van der Waals surface area contributed by atoms with Crippen molar-refractivity contribution in [2.45, 2.75) is 51.7 Å². The van der Waals surface area contributed by atoms with Crippen molar-refractivity contribution in [3.63, 3.8) is 0 Å². The number of benzene rings is 1. The number of aliphatic hydroxyl groups excluding tert-OH is 1. The fraction of sp³-hybridized carbons (Fsp3) is 0.522. The zero-order chi connectivity index (χ0) is 21.9. The predicted molar refractivity (Wildman–Crippen MR) is 113 cm³/mol. The number of carbonyl (C=O) groups excluding carboxylic acids is 3. The van der Waals surface area contributed by atoms with Gasteiger partial charge in [0, 0.05) is 12.5 Å². The lowest BCUT2D eigenvalue weighted by atomic mass is 9.94. The number of cyclic esters (lactones) is 1. The van der Waals surface area contributed by atoms with Gasteiger partial charge in [-0.25, -0.2) is 0 Å². The second-order valence-electron chi connectivity index (χ2n) is 7.87. The van der Waals surface area contributed by atoms with Crippen LogP contribution in [-0.2, 0) is 25.5 Å². The van der Waals surface area contributed by atoms with Crippen LogP contribution in [0.4, 0.5) is 0 Å². The van der Waals surface area contributed by atoms with E-state index in [1.54, 1.807) is 13.8 Å². The Hall–Kier alpha value is -2.67. The first-order valence-corrected chi connectivity index (χ1v) is 10.5. The van der Waals surface area contributed by atoms with Crippen molar-refractivity contribution in [2.75, 3.05) is 13.2 Å². The number of nitrogens with one attached hydrogen (secondary N) is 2. The Kier molecular flexibility index (Phi) is 9.54. The van der Waals surface area contributed by atoms with Crippen molar-refractivity contribution in [3.05, 3.63) is 48.0 Å². The Balaban J connectivity index is 2.08. The Labute approximate surface area is 177 Å². The van der Waals surface area contributed by atoms with E-state index in [1.165, 1.54) is 0 Å². The molecule has 0 aliphatic carbocycles. The largest absolute Gasteiger partial charge is 0.461 e. The summed E-state index contributed by atoms with van der Waals surface area (Å²) < 4.78 is 5.55. The number of amides is 2. The molecular weight excluding hydrogens is 384 g/mol. The van der Waals surface area contributed by atoms with Crippen molar-refractivity contribution < 1.29 is 24.2 Å². The van der Waals surface area contributed by atoms with Crippen molar-refractivity contribution in [1.82, 2.24) is 10.6 Å². The van der Waals surface area contributed by atoms with Crippen LogP contribution in [0.25, 0.3) is 0 Å². The maximum atomic E-state index is 12.6. The molecule has 7 nitrogen and oxygen atoms in total. The topological polar surface area (TPSA) is 105 Å². The Morgan fingerprint density at radius 2 is 1.87 bits per heavy atom. The molecule has 0 saturated carbocycles. The first-order valence-electron chi connectivity index (χ1n) is 10.5. The van der Waals surface area contributed by atoms with Gasteiger partial charge in [0.1, 0.15) is 6.10 Å². The van der Waals surface area contributed by atoms with Gasteiger partial charge >= 0.3 is 5.97 Å². The summed E-state index contributed by atoms with van der Waals surface area (Å²) in [6.45, 7) is 3.47. The number of ether oxygens (including phenoxy) is 1. The third-order valence-electron chi connectivity index (χ3n) is 5.03. The minimum absolute atomic E-state index is 0.0299. The van der Waals surface area contributed by atoms with Crippen molar-refractivity contribution in [3.8, 4) is 0 Å². The van der Waals surface area contributed by atoms with E-state index in [4.69, 9.17) is 9.84 Å². The van der Waals surface area contributed by atoms with E-state index in [0.717, 1.165) is 5.56 Å². The first kappa shape index (κ1) is 23.6. The molecule has 3 N–H and O–H groups in total. The molecule has 0 spiro atoms. The Morgan fingerprint density at radius 1 is 1.20 bits per heavy atom. The van der Waals surface area contributed by atoms with Crippen LogP contribution in [0, 0.1) is 11.8 Å².